The minimum absolute atomic E-state index is 0.241. The Morgan fingerprint density at radius 1 is 0.895 bits per heavy atom. The summed E-state index contributed by atoms with van der Waals surface area (Å²) in [4.78, 5) is 0. The predicted octanol–water partition coefficient (Wildman–Crippen LogP) is 4.06. The third-order valence-electron chi connectivity index (χ3n) is 3.18. The zero-order valence-corrected chi connectivity index (χ0v) is 11.9. The summed E-state index contributed by atoms with van der Waals surface area (Å²) >= 11 is 5.35. The molecule has 2 rings (SSSR count). The average molecular weight is 270 g/mol. The summed E-state index contributed by atoms with van der Waals surface area (Å²) in [5, 5.41) is 0.688. The fourth-order valence-corrected chi connectivity index (χ4v) is 2.37. The number of thiocarbonyl (C=S) groups is 1. The van der Waals surface area contributed by atoms with E-state index in [0.29, 0.717) is 5.05 Å². The molecule has 98 valence electrons. The Labute approximate surface area is 120 Å². The lowest BCUT2D eigenvalue weighted by molar-refractivity contribution is 0.376. The second kappa shape index (κ2) is 7.05. The SMILES string of the molecule is COC(=S)C(Cc1ccccc1)Cc1ccccc1. The van der Waals surface area contributed by atoms with E-state index in [4.69, 9.17) is 17.0 Å². The number of hydrogen-bond donors (Lipinski definition) is 0. The molecule has 1 nitrogen and oxygen atoms in total. The van der Waals surface area contributed by atoms with Crippen LogP contribution < -0.4 is 0 Å². The molecule has 2 heteroatoms. The topological polar surface area (TPSA) is 9.23 Å². The zero-order valence-electron chi connectivity index (χ0n) is 11.1. The van der Waals surface area contributed by atoms with Crippen molar-refractivity contribution in [1.29, 1.82) is 0 Å². The van der Waals surface area contributed by atoms with Crippen molar-refractivity contribution < 1.29 is 4.74 Å². The van der Waals surface area contributed by atoms with Gasteiger partial charge in [0.25, 0.3) is 0 Å². The van der Waals surface area contributed by atoms with Crippen molar-refractivity contribution in [2.24, 2.45) is 5.92 Å². The van der Waals surface area contributed by atoms with E-state index in [1.807, 2.05) is 12.1 Å². The van der Waals surface area contributed by atoms with Gasteiger partial charge in [0.05, 0.1) is 7.11 Å². The first kappa shape index (κ1) is 13.8. The lowest BCUT2D eigenvalue weighted by Gasteiger charge is -2.17. The Hall–Kier alpha value is -1.67. The Morgan fingerprint density at radius 3 is 1.68 bits per heavy atom. The van der Waals surface area contributed by atoms with Gasteiger partial charge >= 0.3 is 0 Å². The van der Waals surface area contributed by atoms with Gasteiger partial charge in [0.15, 0.2) is 5.05 Å². The molecular formula is C17H18OS. The maximum Gasteiger partial charge on any atom is 0.162 e. The molecule has 0 bridgehead atoms. The summed E-state index contributed by atoms with van der Waals surface area (Å²) < 4.78 is 5.29. The van der Waals surface area contributed by atoms with Gasteiger partial charge in [-0.25, -0.2) is 0 Å². The Balaban J connectivity index is 2.10. The van der Waals surface area contributed by atoms with Crippen LogP contribution in [0.25, 0.3) is 0 Å². The highest BCUT2D eigenvalue weighted by Crippen LogP contribution is 2.17. The Morgan fingerprint density at radius 2 is 1.32 bits per heavy atom. The molecule has 0 aromatic heterocycles. The highest BCUT2D eigenvalue weighted by atomic mass is 32.1. The quantitative estimate of drug-likeness (QED) is 0.758. The molecule has 2 aromatic carbocycles. The molecule has 2 aromatic rings. The smallest absolute Gasteiger partial charge is 0.162 e. The van der Waals surface area contributed by atoms with Crippen molar-refractivity contribution in [2.45, 2.75) is 12.8 Å². The summed E-state index contributed by atoms with van der Waals surface area (Å²) in [6.07, 6.45) is 1.84. The monoisotopic (exact) mass is 270 g/mol. The summed E-state index contributed by atoms with van der Waals surface area (Å²) in [7, 11) is 1.66. The van der Waals surface area contributed by atoms with Gasteiger partial charge in [-0.15, -0.1) is 0 Å². The van der Waals surface area contributed by atoms with Crippen molar-refractivity contribution in [3.05, 3.63) is 71.8 Å². The molecule has 0 saturated heterocycles. The maximum absolute atomic E-state index is 5.35. The highest BCUT2D eigenvalue weighted by molar-refractivity contribution is 7.80. The van der Waals surface area contributed by atoms with Gasteiger partial charge < -0.3 is 4.74 Å². The number of ether oxygens (including phenoxy) is 1. The van der Waals surface area contributed by atoms with E-state index < -0.39 is 0 Å². The van der Waals surface area contributed by atoms with Crippen molar-refractivity contribution in [3.63, 3.8) is 0 Å². The molecule has 0 fully saturated rings. The maximum atomic E-state index is 5.35. The zero-order chi connectivity index (χ0) is 13.5. The molecule has 19 heavy (non-hydrogen) atoms. The molecule has 0 radical (unpaired) electrons. The van der Waals surface area contributed by atoms with Crippen molar-refractivity contribution in [3.8, 4) is 0 Å². The van der Waals surface area contributed by atoms with Crippen molar-refractivity contribution >= 4 is 17.3 Å². The third-order valence-corrected chi connectivity index (χ3v) is 3.68. The van der Waals surface area contributed by atoms with E-state index in [-0.39, 0.29) is 5.92 Å². The third kappa shape index (κ3) is 4.18. The molecule has 0 saturated carbocycles. The standard InChI is InChI=1S/C17H18OS/c1-18-17(19)16(12-14-8-4-2-5-9-14)13-15-10-6-3-7-11-15/h2-11,16H,12-13H2,1H3. The van der Waals surface area contributed by atoms with Crippen LogP contribution in [0.3, 0.4) is 0 Å². The Kier molecular flexibility index (Phi) is 5.10. The summed E-state index contributed by atoms with van der Waals surface area (Å²) in [6.45, 7) is 0. The van der Waals surface area contributed by atoms with E-state index in [1.54, 1.807) is 7.11 Å². The van der Waals surface area contributed by atoms with Crippen LogP contribution >= 0.6 is 12.2 Å². The molecule has 0 aliphatic heterocycles. The van der Waals surface area contributed by atoms with Crippen LogP contribution in [0, 0.1) is 5.92 Å². The van der Waals surface area contributed by atoms with Crippen molar-refractivity contribution in [1.82, 2.24) is 0 Å². The lowest BCUT2D eigenvalue weighted by Crippen LogP contribution is -2.19. The first-order chi connectivity index (χ1) is 9.29. The number of methoxy groups -OCH3 is 1. The number of hydrogen-bond acceptors (Lipinski definition) is 2. The van der Waals surface area contributed by atoms with E-state index in [0.717, 1.165) is 12.8 Å². The van der Waals surface area contributed by atoms with Crippen LogP contribution in [0.5, 0.6) is 0 Å². The molecule has 0 unspecified atom stereocenters. The van der Waals surface area contributed by atoms with Crippen LogP contribution in [0.4, 0.5) is 0 Å². The van der Waals surface area contributed by atoms with Crippen LogP contribution in [-0.4, -0.2) is 12.2 Å². The number of rotatable bonds is 5. The van der Waals surface area contributed by atoms with E-state index in [2.05, 4.69) is 48.5 Å². The largest absolute Gasteiger partial charge is 0.490 e. The Bertz CT molecular complexity index is 466. The predicted molar refractivity (Wildman–Crippen MR) is 83.4 cm³/mol. The summed E-state index contributed by atoms with van der Waals surface area (Å²) in [6, 6.07) is 20.8. The average Bonchev–Trinajstić information content (AvgIpc) is 2.48. The second-order valence-corrected chi connectivity index (χ2v) is 5.00. The van der Waals surface area contributed by atoms with Crippen LogP contribution in [0.2, 0.25) is 0 Å². The second-order valence-electron chi connectivity index (χ2n) is 4.60. The fourth-order valence-electron chi connectivity index (χ4n) is 2.20. The molecule has 0 N–H and O–H groups in total. The molecular weight excluding hydrogens is 252 g/mol. The van der Waals surface area contributed by atoms with Crippen LogP contribution in [0.15, 0.2) is 60.7 Å². The van der Waals surface area contributed by atoms with Gasteiger partial charge in [-0.1, -0.05) is 60.7 Å². The minimum Gasteiger partial charge on any atom is -0.490 e. The van der Waals surface area contributed by atoms with Crippen LogP contribution in [-0.2, 0) is 17.6 Å². The van der Waals surface area contributed by atoms with E-state index in [9.17, 15) is 0 Å². The molecule has 0 aliphatic rings. The van der Waals surface area contributed by atoms with Gasteiger partial charge in [-0.2, -0.15) is 0 Å². The van der Waals surface area contributed by atoms with E-state index >= 15 is 0 Å². The minimum atomic E-state index is 0.241. The van der Waals surface area contributed by atoms with Gasteiger partial charge in [0.1, 0.15) is 0 Å². The van der Waals surface area contributed by atoms with Gasteiger partial charge in [0, 0.05) is 5.92 Å². The molecule has 0 atom stereocenters. The van der Waals surface area contributed by atoms with Gasteiger partial charge in [0.2, 0.25) is 0 Å². The fraction of sp³-hybridized carbons (Fsp3) is 0.235. The summed E-state index contributed by atoms with van der Waals surface area (Å²) in [5.74, 6) is 0.241. The van der Waals surface area contributed by atoms with E-state index in [1.165, 1.54) is 11.1 Å². The first-order valence-electron chi connectivity index (χ1n) is 6.45. The molecule has 0 spiro atoms. The number of benzene rings is 2. The van der Waals surface area contributed by atoms with Crippen molar-refractivity contribution in [2.75, 3.05) is 7.11 Å². The molecule has 0 aliphatic carbocycles. The molecule has 0 amide bonds. The van der Waals surface area contributed by atoms with Gasteiger partial charge in [-0.05, 0) is 36.2 Å². The lowest BCUT2D eigenvalue weighted by atomic mass is 9.93. The normalized spacial score (nSPS) is 10.4. The molecule has 0 heterocycles. The summed E-state index contributed by atoms with van der Waals surface area (Å²) in [5.41, 5.74) is 2.59. The highest BCUT2D eigenvalue weighted by Gasteiger charge is 2.16. The van der Waals surface area contributed by atoms with Gasteiger partial charge in [-0.3, -0.25) is 0 Å². The first-order valence-corrected chi connectivity index (χ1v) is 6.86. The van der Waals surface area contributed by atoms with Crippen LogP contribution in [0.1, 0.15) is 11.1 Å².